The van der Waals surface area contributed by atoms with Gasteiger partial charge in [-0.1, -0.05) is 25.7 Å². The van der Waals surface area contributed by atoms with Gasteiger partial charge in [0.15, 0.2) is 0 Å². The van der Waals surface area contributed by atoms with E-state index in [1.54, 1.807) is 0 Å². The first-order chi connectivity index (χ1) is 3.72. The molecule has 0 fully saturated rings. The third kappa shape index (κ3) is 6.05. The van der Waals surface area contributed by atoms with Crippen LogP contribution in [0.15, 0.2) is 0 Å². The number of hydrogen-bond donors (Lipinski definition) is 0. The molecule has 50 valence electrons. The monoisotopic (exact) mass is 151 g/mol. The molecule has 0 rings (SSSR count). The van der Waals surface area contributed by atoms with Crippen LogP contribution < -0.4 is 51.4 Å². The summed E-state index contributed by atoms with van der Waals surface area (Å²) in [5.41, 5.74) is 0. The molecule has 0 heterocycles. The SMILES string of the molecule is [CH2-]CC(C)[C@H](C)C[CH2-].[K+]. The van der Waals surface area contributed by atoms with Gasteiger partial charge in [-0.25, -0.2) is 0 Å². The van der Waals surface area contributed by atoms with Crippen molar-refractivity contribution in [3.05, 3.63) is 13.8 Å². The van der Waals surface area contributed by atoms with Gasteiger partial charge in [0.1, 0.15) is 0 Å². The van der Waals surface area contributed by atoms with E-state index in [-0.39, 0.29) is 51.4 Å². The Morgan fingerprint density at radius 3 is 1.33 bits per heavy atom. The van der Waals surface area contributed by atoms with E-state index in [0.29, 0.717) is 0 Å². The Morgan fingerprint density at radius 1 is 1.00 bits per heavy atom. The van der Waals surface area contributed by atoms with Crippen LogP contribution in [-0.4, -0.2) is 0 Å². The Labute approximate surface area is 102 Å². The van der Waals surface area contributed by atoms with Crippen molar-refractivity contribution in [1.82, 2.24) is 0 Å². The third-order valence-corrected chi connectivity index (χ3v) is 1.88. The van der Waals surface area contributed by atoms with E-state index in [1.807, 2.05) is 0 Å². The molecule has 0 bridgehead atoms. The van der Waals surface area contributed by atoms with Crippen molar-refractivity contribution in [3.63, 3.8) is 0 Å². The Morgan fingerprint density at radius 2 is 1.22 bits per heavy atom. The molecule has 1 unspecified atom stereocenters. The van der Waals surface area contributed by atoms with Crippen molar-refractivity contribution in [2.45, 2.75) is 26.7 Å². The van der Waals surface area contributed by atoms with Gasteiger partial charge in [-0.15, -0.1) is 0 Å². The number of hydrogen-bond acceptors (Lipinski definition) is 0. The number of rotatable bonds is 3. The van der Waals surface area contributed by atoms with E-state index in [1.165, 1.54) is 0 Å². The first-order valence-corrected chi connectivity index (χ1v) is 3.30. The van der Waals surface area contributed by atoms with Gasteiger partial charge in [-0.05, 0) is 0 Å². The standard InChI is InChI=1S/C8H16.K/c1-5-7(3)8(4)6-2;/h7-8H,1-2,5-6H2,3-4H3;/q-2;+1/t7-,8?;/m1./s1. The Bertz CT molecular complexity index is 44.5. The van der Waals surface area contributed by atoms with Crippen molar-refractivity contribution in [2.75, 3.05) is 0 Å². The van der Waals surface area contributed by atoms with Crippen LogP contribution in [0.3, 0.4) is 0 Å². The fourth-order valence-corrected chi connectivity index (χ4v) is 0.569. The third-order valence-electron chi connectivity index (χ3n) is 1.88. The van der Waals surface area contributed by atoms with E-state index in [9.17, 15) is 0 Å². The zero-order chi connectivity index (χ0) is 6.57. The van der Waals surface area contributed by atoms with Gasteiger partial charge in [0.25, 0.3) is 0 Å². The first kappa shape index (κ1) is 13.2. The second-order valence-corrected chi connectivity index (χ2v) is 2.53. The second kappa shape index (κ2) is 7.74. The molecule has 0 saturated heterocycles. The molecule has 0 nitrogen and oxygen atoms in total. The van der Waals surface area contributed by atoms with Crippen molar-refractivity contribution in [3.8, 4) is 0 Å². The second-order valence-electron chi connectivity index (χ2n) is 2.53. The molecule has 0 aliphatic carbocycles. The van der Waals surface area contributed by atoms with Crippen molar-refractivity contribution < 1.29 is 51.4 Å². The molecule has 0 amide bonds. The topological polar surface area (TPSA) is 0 Å². The Kier molecular flexibility index (Phi) is 11.4. The summed E-state index contributed by atoms with van der Waals surface area (Å²) in [6.45, 7) is 12.1. The fraction of sp³-hybridized carbons (Fsp3) is 0.750. The van der Waals surface area contributed by atoms with Crippen LogP contribution in [0, 0.1) is 25.7 Å². The van der Waals surface area contributed by atoms with E-state index in [2.05, 4.69) is 27.7 Å². The minimum Gasteiger partial charge on any atom is -0.343 e. The normalized spacial score (nSPS) is 16.0. The maximum Gasteiger partial charge on any atom is 1.00 e. The fourth-order valence-electron chi connectivity index (χ4n) is 0.569. The van der Waals surface area contributed by atoms with Gasteiger partial charge in [0.2, 0.25) is 0 Å². The minimum absolute atomic E-state index is 0. The molecule has 0 spiro atoms. The van der Waals surface area contributed by atoms with E-state index in [0.717, 1.165) is 24.7 Å². The predicted octanol–water partition coefficient (Wildman–Crippen LogP) is -0.289. The quantitative estimate of drug-likeness (QED) is 0.384. The molecule has 1 heteroatoms. The maximum absolute atomic E-state index is 3.83. The summed E-state index contributed by atoms with van der Waals surface area (Å²) >= 11 is 0. The Balaban J connectivity index is 0. The summed E-state index contributed by atoms with van der Waals surface area (Å²) in [5.74, 6) is 1.49. The zero-order valence-corrected chi connectivity index (χ0v) is 10.1. The maximum atomic E-state index is 3.83. The predicted molar refractivity (Wildman–Crippen MR) is 38.3 cm³/mol. The van der Waals surface area contributed by atoms with E-state index >= 15 is 0 Å². The molecule has 2 atom stereocenters. The summed E-state index contributed by atoms with van der Waals surface area (Å²) in [7, 11) is 0. The average Bonchev–Trinajstić information content (AvgIpc) is 1.84. The molecular weight excluding hydrogens is 135 g/mol. The molecule has 0 aromatic carbocycles. The van der Waals surface area contributed by atoms with Crippen LogP contribution in [-0.2, 0) is 0 Å². The van der Waals surface area contributed by atoms with E-state index in [4.69, 9.17) is 0 Å². The molecule has 0 aliphatic heterocycles. The first-order valence-electron chi connectivity index (χ1n) is 3.30. The molecule has 0 aromatic heterocycles. The minimum atomic E-state index is 0. The molecule has 9 heavy (non-hydrogen) atoms. The molecule has 0 aliphatic rings. The van der Waals surface area contributed by atoms with Crippen LogP contribution in [0.5, 0.6) is 0 Å². The van der Waals surface area contributed by atoms with Gasteiger partial charge < -0.3 is 13.8 Å². The summed E-state index contributed by atoms with van der Waals surface area (Å²) in [5, 5.41) is 0. The van der Waals surface area contributed by atoms with Crippen LogP contribution in [0.25, 0.3) is 0 Å². The molecule has 0 aromatic rings. The van der Waals surface area contributed by atoms with Crippen molar-refractivity contribution >= 4 is 0 Å². The molecule has 0 radical (unpaired) electrons. The average molecular weight is 151 g/mol. The summed E-state index contributed by atoms with van der Waals surface area (Å²) in [4.78, 5) is 0. The van der Waals surface area contributed by atoms with Crippen LogP contribution in [0.2, 0.25) is 0 Å². The summed E-state index contributed by atoms with van der Waals surface area (Å²) in [6.07, 6.45) is 2.08. The van der Waals surface area contributed by atoms with Gasteiger partial charge in [-0.3, -0.25) is 0 Å². The summed E-state index contributed by atoms with van der Waals surface area (Å²) < 4.78 is 0. The van der Waals surface area contributed by atoms with Gasteiger partial charge in [-0.2, -0.15) is 12.8 Å². The Hall–Kier alpha value is 1.64. The van der Waals surface area contributed by atoms with Gasteiger partial charge in [0, 0.05) is 0 Å². The van der Waals surface area contributed by atoms with Crippen molar-refractivity contribution in [2.24, 2.45) is 11.8 Å². The molecule has 0 N–H and O–H groups in total. The van der Waals surface area contributed by atoms with Gasteiger partial charge >= 0.3 is 51.4 Å². The van der Waals surface area contributed by atoms with Crippen molar-refractivity contribution in [1.29, 1.82) is 0 Å². The van der Waals surface area contributed by atoms with Crippen LogP contribution in [0.4, 0.5) is 0 Å². The van der Waals surface area contributed by atoms with Crippen LogP contribution >= 0.6 is 0 Å². The summed E-state index contributed by atoms with van der Waals surface area (Å²) in [6, 6.07) is 0. The molecule has 0 saturated carbocycles. The van der Waals surface area contributed by atoms with Gasteiger partial charge in [0.05, 0.1) is 0 Å². The molecular formula is C8H16K-. The van der Waals surface area contributed by atoms with Crippen LogP contribution in [0.1, 0.15) is 26.7 Å². The van der Waals surface area contributed by atoms with E-state index < -0.39 is 0 Å². The largest absolute Gasteiger partial charge is 1.00 e. The smallest absolute Gasteiger partial charge is 0.343 e. The zero-order valence-electron chi connectivity index (χ0n) is 6.98.